The number of aryl methyl sites for hydroxylation is 1. The van der Waals surface area contributed by atoms with Crippen LogP contribution in [0.1, 0.15) is 66.6 Å². The van der Waals surface area contributed by atoms with Gasteiger partial charge in [-0.1, -0.05) is 63.1 Å². The van der Waals surface area contributed by atoms with E-state index < -0.39 is 0 Å². The molecule has 0 saturated heterocycles. The molecule has 0 atom stereocenters. The Morgan fingerprint density at radius 2 is 1.49 bits per heavy atom. The molecule has 0 aliphatic carbocycles. The van der Waals surface area contributed by atoms with Crippen LogP contribution in [-0.2, 0) is 24.3 Å². The van der Waals surface area contributed by atoms with Gasteiger partial charge in [-0.2, -0.15) is 0 Å². The third kappa shape index (κ3) is 7.91. The Bertz CT molecular complexity index is 1510. The van der Waals surface area contributed by atoms with Gasteiger partial charge in [0.1, 0.15) is 17.9 Å². The average molecular weight is 557 g/mol. The smallest absolute Gasteiger partial charge is 0.254 e. The summed E-state index contributed by atoms with van der Waals surface area (Å²) in [5.41, 5.74) is 3.00. The topological polar surface area (TPSA) is 70.8 Å². The van der Waals surface area contributed by atoms with Crippen LogP contribution in [-0.4, -0.2) is 34.7 Å². The number of unbranched alkanes of at least 4 members (excludes halogenated alkanes) is 2. The Morgan fingerprint density at radius 3 is 2.20 bits per heavy atom. The van der Waals surface area contributed by atoms with Crippen molar-refractivity contribution in [2.24, 2.45) is 0 Å². The van der Waals surface area contributed by atoms with Crippen molar-refractivity contribution < 1.29 is 18.4 Å². The van der Waals surface area contributed by atoms with E-state index >= 15 is 0 Å². The Balaban J connectivity index is 1.59. The number of rotatable bonds is 13. The van der Waals surface area contributed by atoms with E-state index in [-0.39, 0.29) is 42.7 Å². The van der Waals surface area contributed by atoms with Crippen molar-refractivity contribution >= 4 is 22.8 Å². The molecular weight excluding hydrogens is 519 g/mol. The van der Waals surface area contributed by atoms with Crippen molar-refractivity contribution in [1.29, 1.82) is 0 Å². The molecule has 2 amide bonds. The van der Waals surface area contributed by atoms with Gasteiger partial charge in [-0.15, -0.1) is 0 Å². The summed E-state index contributed by atoms with van der Waals surface area (Å²) in [5, 5.41) is 0.432. The quantitative estimate of drug-likeness (QED) is 0.183. The van der Waals surface area contributed by atoms with Gasteiger partial charge < -0.3 is 14.2 Å². The lowest BCUT2D eigenvalue weighted by molar-refractivity contribution is -0.133. The van der Waals surface area contributed by atoms with Crippen LogP contribution in [0.15, 0.2) is 88.3 Å². The minimum atomic E-state index is -0.376. The third-order valence-corrected chi connectivity index (χ3v) is 7.17. The molecule has 214 valence electrons. The first-order valence-electron chi connectivity index (χ1n) is 14.3. The number of hydrogen-bond donors (Lipinski definition) is 0. The molecule has 1 heterocycles. The third-order valence-electron chi connectivity index (χ3n) is 7.17. The van der Waals surface area contributed by atoms with Crippen LogP contribution >= 0.6 is 0 Å². The lowest BCUT2D eigenvalue weighted by Crippen LogP contribution is -2.43. The van der Waals surface area contributed by atoms with E-state index in [1.165, 1.54) is 28.9 Å². The summed E-state index contributed by atoms with van der Waals surface area (Å²) < 4.78 is 19.3. The van der Waals surface area contributed by atoms with Crippen LogP contribution in [0.25, 0.3) is 11.0 Å². The number of para-hydroxylation sites is 1. The molecule has 0 radical (unpaired) electrons. The summed E-state index contributed by atoms with van der Waals surface area (Å²) in [5.74, 6) is -0.898. The first kappa shape index (κ1) is 29.7. The summed E-state index contributed by atoms with van der Waals surface area (Å²) in [6, 6.07) is 20.5. The number of nitrogens with zero attached hydrogens (tertiary/aromatic N) is 2. The van der Waals surface area contributed by atoms with Crippen molar-refractivity contribution in [1.82, 2.24) is 9.80 Å². The number of fused-ring (bicyclic) bond motifs is 1. The van der Waals surface area contributed by atoms with Gasteiger partial charge in [0.05, 0.1) is 23.8 Å². The predicted molar refractivity (Wildman–Crippen MR) is 159 cm³/mol. The number of amides is 2. The zero-order valence-electron chi connectivity index (χ0n) is 23.8. The van der Waals surface area contributed by atoms with Crippen molar-refractivity contribution in [3.63, 3.8) is 0 Å². The number of hydrogen-bond acceptors (Lipinski definition) is 4. The van der Waals surface area contributed by atoms with E-state index in [9.17, 15) is 18.8 Å². The van der Waals surface area contributed by atoms with E-state index in [1.807, 2.05) is 31.2 Å². The maximum Gasteiger partial charge on any atom is 0.254 e. The predicted octanol–water partition coefficient (Wildman–Crippen LogP) is 6.75. The monoisotopic (exact) mass is 556 g/mol. The summed E-state index contributed by atoms with van der Waals surface area (Å²) in [7, 11) is 0. The first-order chi connectivity index (χ1) is 19.9. The summed E-state index contributed by atoms with van der Waals surface area (Å²) in [4.78, 5) is 43.7. The van der Waals surface area contributed by atoms with E-state index in [0.29, 0.717) is 34.2 Å². The van der Waals surface area contributed by atoms with Gasteiger partial charge in [0, 0.05) is 18.7 Å². The van der Waals surface area contributed by atoms with Crippen LogP contribution in [0.5, 0.6) is 0 Å². The lowest BCUT2D eigenvalue weighted by atomic mass is 10.1. The molecule has 0 aliphatic heterocycles. The molecule has 0 bridgehead atoms. The van der Waals surface area contributed by atoms with Gasteiger partial charge in [-0.05, 0) is 66.8 Å². The van der Waals surface area contributed by atoms with Crippen molar-refractivity contribution in [2.45, 2.75) is 59.0 Å². The van der Waals surface area contributed by atoms with Crippen LogP contribution in [0.2, 0.25) is 0 Å². The molecule has 0 N–H and O–H groups in total. The fourth-order valence-electron chi connectivity index (χ4n) is 4.72. The lowest BCUT2D eigenvalue weighted by Gasteiger charge is -2.28. The van der Waals surface area contributed by atoms with E-state index in [0.717, 1.165) is 32.1 Å². The minimum absolute atomic E-state index is 0.00862. The van der Waals surface area contributed by atoms with Gasteiger partial charge in [0.25, 0.3) is 5.91 Å². The van der Waals surface area contributed by atoms with E-state index in [4.69, 9.17) is 4.42 Å². The zero-order valence-corrected chi connectivity index (χ0v) is 23.8. The van der Waals surface area contributed by atoms with Gasteiger partial charge in [-0.25, -0.2) is 4.39 Å². The molecule has 7 heteroatoms. The fraction of sp³-hybridized carbons (Fsp3) is 0.324. The fourth-order valence-corrected chi connectivity index (χ4v) is 4.72. The maximum atomic E-state index is 13.8. The largest absolute Gasteiger partial charge is 0.464 e. The summed E-state index contributed by atoms with van der Waals surface area (Å²) in [6.45, 7) is 4.61. The Kier molecular flexibility index (Phi) is 10.4. The van der Waals surface area contributed by atoms with Gasteiger partial charge in [0.2, 0.25) is 5.91 Å². The molecule has 4 aromatic rings. The molecule has 0 unspecified atom stereocenters. The molecule has 6 nitrogen and oxygen atoms in total. The van der Waals surface area contributed by atoms with E-state index in [2.05, 4.69) is 6.92 Å². The van der Waals surface area contributed by atoms with Crippen molar-refractivity contribution in [2.75, 3.05) is 13.1 Å². The SMILES string of the molecule is CCCCc1ccc(C(=O)N(CCCC)CC(=O)N(Cc2ccc(F)cc2)Cc2coc3ccccc3c2=O)cc1. The number of carbonyl (C=O) groups is 2. The summed E-state index contributed by atoms with van der Waals surface area (Å²) in [6.07, 6.45) is 6.15. The molecule has 3 aromatic carbocycles. The van der Waals surface area contributed by atoms with Crippen LogP contribution in [0.3, 0.4) is 0 Å². The highest BCUT2D eigenvalue weighted by Crippen LogP contribution is 2.16. The number of benzene rings is 3. The molecule has 0 saturated carbocycles. The molecular formula is C34H37FN2O4. The average Bonchev–Trinajstić information content (AvgIpc) is 3.00. The Labute approximate surface area is 240 Å². The maximum absolute atomic E-state index is 13.8. The Morgan fingerprint density at radius 1 is 0.805 bits per heavy atom. The highest BCUT2D eigenvalue weighted by molar-refractivity contribution is 5.96. The second-order valence-electron chi connectivity index (χ2n) is 10.3. The minimum Gasteiger partial charge on any atom is -0.464 e. The highest BCUT2D eigenvalue weighted by Gasteiger charge is 2.24. The second kappa shape index (κ2) is 14.4. The van der Waals surface area contributed by atoms with Crippen LogP contribution < -0.4 is 5.43 Å². The van der Waals surface area contributed by atoms with Gasteiger partial charge in [0.15, 0.2) is 5.43 Å². The zero-order chi connectivity index (χ0) is 29.2. The second-order valence-corrected chi connectivity index (χ2v) is 10.3. The molecule has 0 fully saturated rings. The number of carbonyl (C=O) groups excluding carboxylic acids is 2. The molecule has 0 spiro atoms. The van der Waals surface area contributed by atoms with Crippen LogP contribution in [0, 0.1) is 5.82 Å². The molecule has 4 rings (SSSR count). The highest BCUT2D eigenvalue weighted by atomic mass is 19.1. The van der Waals surface area contributed by atoms with Crippen molar-refractivity contribution in [3.8, 4) is 0 Å². The summed E-state index contributed by atoms with van der Waals surface area (Å²) >= 11 is 0. The standard InChI is InChI=1S/C34H37FN2O4/c1-3-5-9-25-12-16-27(17-13-25)34(40)36(20-6-4-2)23-32(38)37(21-26-14-18-29(35)19-15-26)22-28-24-41-31-11-8-7-10-30(31)33(28)39/h7-8,10-19,24H,3-6,9,20-23H2,1-2H3. The normalized spacial score (nSPS) is 11.0. The van der Waals surface area contributed by atoms with E-state index in [1.54, 1.807) is 41.3 Å². The first-order valence-corrected chi connectivity index (χ1v) is 14.3. The van der Waals surface area contributed by atoms with Crippen LogP contribution in [0.4, 0.5) is 4.39 Å². The van der Waals surface area contributed by atoms with Crippen molar-refractivity contribution in [3.05, 3.63) is 117 Å². The molecule has 1 aromatic heterocycles. The Hall–Kier alpha value is -4.26. The molecule has 0 aliphatic rings. The van der Waals surface area contributed by atoms with Gasteiger partial charge in [-0.3, -0.25) is 14.4 Å². The number of halogens is 1. The molecule has 41 heavy (non-hydrogen) atoms. The van der Waals surface area contributed by atoms with Gasteiger partial charge >= 0.3 is 0 Å².